The Balaban J connectivity index is 2.40. The van der Waals surface area contributed by atoms with E-state index in [4.69, 9.17) is 0 Å². The second-order valence-corrected chi connectivity index (χ2v) is 2.83. The van der Waals surface area contributed by atoms with Gasteiger partial charge in [0.25, 0.3) is 5.24 Å². The molecule has 0 atom stereocenters. The topological polar surface area (TPSA) is 77.7 Å². The number of carbonyl (C=O) groups excluding carboxylic acids is 1. The molecule has 0 aliphatic rings. The molecular weight excluding hydrogens is 202 g/mol. The Kier molecular flexibility index (Phi) is 2.23. The van der Waals surface area contributed by atoms with Crippen molar-refractivity contribution in [2.75, 3.05) is 4.90 Å². The molecule has 0 aliphatic heterocycles. The van der Waals surface area contributed by atoms with Crippen LogP contribution in [-0.4, -0.2) is 25.2 Å². The van der Waals surface area contributed by atoms with Crippen molar-refractivity contribution in [3.05, 3.63) is 24.8 Å². The minimum Gasteiger partial charge on any atom is -0.330 e. The monoisotopic (exact) mass is 209 g/mol. The van der Waals surface area contributed by atoms with Gasteiger partial charge in [-0.05, 0) is 0 Å². The molecule has 0 spiro atoms. The lowest BCUT2D eigenvalue weighted by atomic mass is 10.7. The van der Waals surface area contributed by atoms with Crippen LogP contribution in [0.15, 0.2) is 24.8 Å². The molecule has 0 aromatic carbocycles. The molecule has 2 aromatic heterocycles. The van der Waals surface area contributed by atoms with Gasteiger partial charge in [-0.3, -0.25) is 4.79 Å². The van der Waals surface area contributed by atoms with Gasteiger partial charge in [-0.1, -0.05) is 12.6 Å². The fourth-order valence-electron chi connectivity index (χ4n) is 1.04. The maximum absolute atomic E-state index is 11.2. The van der Waals surface area contributed by atoms with E-state index < -0.39 is 5.24 Å². The van der Waals surface area contributed by atoms with E-state index in [0.717, 1.165) is 0 Å². The molecule has 2 aromatic rings. The van der Waals surface area contributed by atoms with E-state index in [9.17, 15) is 4.79 Å². The number of hydrogen-bond donors (Lipinski definition) is 3. The quantitative estimate of drug-likeness (QED) is 0.653. The lowest BCUT2D eigenvalue weighted by Crippen LogP contribution is -2.22. The fourth-order valence-corrected chi connectivity index (χ4v) is 1.23. The van der Waals surface area contributed by atoms with Gasteiger partial charge in [-0.15, -0.1) is 0 Å². The smallest absolute Gasteiger partial charge is 0.292 e. The molecule has 2 rings (SSSR count). The lowest BCUT2D eigenvalue weighted by molar-refractivity contribution is 0.267. The predicted molar refractivity (Wildman–Crippen MR) is 53.7 cm³/mol. The minimum atomic E-state index is -0.463. The normalized spacial score (nSPS) is 10.1. The molecule has 7 heteroatoms. The molecular formula is C7H7N5OS. The first-order valence-corrected chi connectivity index (χ1v) is 4.25. The highest BCUT2D eigenvalue weighted by molar-refractivity contribution is 7.97. The highest BCUT2D eigenvalue weighted by atomic mass is 32.1. The zero-order valence-corrected chi connectivity index (χ0v) is 7.90. The summed E-state index contributed by atoms with van der Waals surface area (Å²) in [5.41, 5.74) is 0. The Labute approximate surface area is 84.8 Å². The fraction of sp³-hybridized carbons (Fsp3) is 0. The van der Waals surface area contributed by atoms with Crippen LogP contribution in [0.3, 0.4) is 0 Å². The van der Waals surface area contributed by atoms with Gasteiger partial charge in [0.15, 0.2) is 0 Å². The van der Waals surface area contributed by atoms with E-state index in [-0.39, 0.29) is 0 Å². The summed E-state index contributed by atoms with van der Waals surface area (Å²) in [6.45, 7) is 0. The maximum Gasteiger partial charge on any atom is 0.292 e. The van der Waals surface area contributed by atoms with Crippen molar-refractivity contribution in [3.8, 4) is 0 Å². The molecule has 0 aliphatic carbocycles. The van der Waals surface area contributed by atoms with Gasteiger partial charge in [-0.2, -0.15) is 0 Å². The van der Waals surface area contributed by atoms with Crippen LogP contribution in [-0.2, 0) is 0 Å². The van der Waals surface area contributed by atoms with E-state index in [1.165, 1.54) is 4.90 Å². The summed E-state index contributed by atoms with van der Waals surface area (Å²) in [5, 5.41) is -0.463. The van der Waals surface area contributed by atoms with Gasteiger partial charge in [0.2, 0.25) is 11.9 Å². The summed E-state index contributed by atoms with van der Waals surface area (Å²) in [4.78, 5) is 25.9. The first-order chi connectivity index (χ1) is 6.79. The van der Waals surface area contributed by atoms with Crippen LogP contribution in [0, 0.1) is 0 Å². The SMILES string of the molecule is O=C(S)N(c1ncc[nH]1)c1ncc[nH]1. The third-order valence-electron chi connectivity index (χ3n) is 1.58. The number of thiol groups is 1. The standard InChI is InChI=1S/C7H7N5OS/c13-7(14)12(5-8-1-2-9-5)6-10-3-4-11-6/h1-4H,(H,8,9)(H,10,11)(H,13,14). The highest BCUT2D eigenvalue weighted by Gasteiger charge is 2.18. The van der Waals surface area contributed by atoms with Crippen molar-refractivity contribution in [1.82, 2.24) is 19.9 Å². The van der Waals surface area contributed by atoms with Gasteiger partial charge >= 0.3 is 0 Å². The van der Waals surface area contributed by atoms with E-state index in [1.807, 2.05) is 0 Å². The summed E-state index contributed by atoms with van der Waals surface area (Å²) in [6.07, 6.45) is 6.31. The predicted octanol–water partition coefficient (Wildman–Crippen LogP) is 1.32. The van der Waals surface area contributed by atoms with Crippen molar-refractivity contribution in [2.24, 2.45) is 0 Å². The molecule has 14 heavy (non-hydrogen) atoms. The Morgan fingerprint density at radius 3 is 2.00 bits per heavy atom. The molecule has 6 nitrogen and oxygen atoms in total. The number of amides is 1. The summed E-state index contributed by atoms with van der Waals surface area (Å²) >= 11 is 3.73. The molecule has 0 saturated carbocycles. The number of nitrogens with one attached hydrogen (secondary N) is 2. The summed E-state index contributed by atoms with van der Waals surface area (Å²) in [5.74, 6) is 0.750. The molecule has 0 bridgehead atoms. The van der Waals surface area contributed by atoms with Gasteiger partial charge in [0.05, 0.1) is 0 Å². The highest BCUT2D eigenvalue weighted by Crippen LogP contribution is 2.18. The zero-order valence-electron chi connectivity index (χ0n) is 7.01. The van der Waals surface area contributed by atoms with E-state index in [2.05, 4.69) is 32.6 Å². The first kappa shape index (κ1) is 8.82. The third kappa shape index (κ3) is 1.49. The van der Waals surface area contributed by atoms with E-state index >= 15 is 0 Å². The lowest BCUT2D eigenvalue weighted by Gasteiger charge is -2.12. The van der Waals surface area contributed by atoms with Crippen LogP contribution in [0.25, 0.3) is 0 Å². The van der Waals surface area contributed by atoms with Gasteiger partial charge in [-0.25, -0.2) is 14.9 Å². The average Bonchev–Trinajstić information content (AvgIpc) is 2.75. The van der Waals surface area contributed by atoms with Crippen molar-refractivity contribution in [2.45, 2.75) is 0 Å². The largest absolute Gasteiger partial charge is 0.330 e. The van der Waals surface area contributed by atoms with E-state index in [0.29, 0.717) is 11.9 Å². The van der Waals surface area contributed by atoms with Crippen LogP contribution in [0.4, 0.5) is 16.7 Å². The number of anilines is 2. The van der Waals surface area contributed by atoms with Gasteiger partial charge in [0, 0.05) is 24.8 Å². The number of carbonyl (C=O) groups is 1. The molecule has 0 saturated heterocycles. The number of hydrogen-bond acceptors (Lipinski definition) is 3. The Morgan fingerprint density at radius 1 is 1.21 bits per heavy atom. The number of imidazole rings is 2. The van der Waals surface area contributed by atoms with Crippen molar-refractivity contribution in [1.29, 1.82) is 0 Å². The zero-order chi connectivity index (χ0) is 9.97. The maximum atomic E-state index is 11.2. The molecule has 2 N–H and O–H groups in total. The molecule has 72 valence electrons. The number of nitrogens with zero attached hydrogens (tertiary/aromatic N) is 3. The second kappa shape index (κ2) is 3.54. The molecule has 2 heterocycles. The van der Waals surface area contributed by atoms with Crippen LogP contribution in [0.5, 0.6) is 0 Å². The Bertz CT molecular complexity index is 375. The van der Waals surface area contributed by atoms with Gasteiger partial charge < -0.3 is 9.97 Å². The number of H-pyrrole nitrogens is 2. The Morgan fingerprint density at radius 2 is 1.71 bits per heavy atom. The average molecular weight is 209 g/mol. The van der Waals surface area contributed by atoms with E-state index in [1.54, 1.807) is 24.8 Å². The first-order valence-electron chi connectivity index (χ1n) is 3.81. The number of aromatic nitrogens is 4. The molecule has 0 unspecified atom stereocenters. The summed E-state index contributed by atoms with van der Waals surface area (Å²) in [7, 11) is 0. The van der Waals surface area contributed by atoms with Crippen molar-refractivity contribution < 1.29 is 4.79 Å². The summed E-state index contributed by atoms with van der Waals surface area (Å²) < 4.78 is 0. The molecule has 0 fully saturated rings. The van der Waals surface area contributed by atoms with Crippen LogP contribution < -0.4 is 4.90 Å². The van der Waals surface area contributed by atoms with Gasteiger partial charge in [0.1, 0.15) is 0 Å². The third-order valence-corrected chi connectivity index (χ3v) is 1.78. The molecule has 1 amide bonds. The van der Waals surface area contributed by atoms with Crippen LogP contribution in [0.1, 0.15) is 0 Å². The van der Waals surface area contributed by atoms with Crippen molar-refractivity contribution in [3.63, 3.8) is 0 Å². The molecule has 0 radical (unpaired) electrons. The van der Waals surface area contributed by atoms with Crippen LogP contribution >= 0.6 is 12.6 Å². The minimum absolute atomic E-state index is 0.375. The van der Waals surface area contributed by atoms with Crippen LogP contribution in [0.2, 0.25) is 0 Å². The van der Waals surface area contributed by atoms with Crippen molar-refractivity contribution >= 4 is 29.8 Å². The summed E-state index contributed by atoms with van der Waals surface area (Å²) in [6, 6.07) is 0. The number of rotatable bonds is 2. The number of aromatic amines is 2. The second-order valence-electron chi connectivity index (χ2n) is 2.44. The Hall–Kier alpha value is -1.76.